The number of aromatic nitrogens is 1. The van der Waals surface area contributed by atoms with Gasteiger partial charge in [0.1, 0.15) is 11.5 Å². The number of methoxy groups -OCH3 is 2. The Hall–Kier alpha value is -2.86. The molecule has 0 aliphatic rings. The minimum Gasteiger partial charge on any atom is -0.497 e. The molecule has 1 amide bonds. The van der Waals surface area contributed by atoms with E-state index in [1.807, 2.05) is 53.9 Å². The molecule has 1 aromatic heterocycles. The summed E-state index contributed by atoms with van der Waals surface area (Å²) in [5.74, 6) is 1.52. The molecule has 0 spiro atoms. The Morgan fingerprint density at radius 2 is 1.85 bits per heavy atom. The van der Waals surface area contributed by atoms with E-state index in [2.05, 4.69) is 10.3 Å². The lowest BCUT2D eigenvalue weighted by atomic mass is 10.1. The maximum absolute atomic E-state index is 12.2. The number of rotatable bonds is 7. The normalized spacial score (nSPS) is 10.4. The van der Waals surface area contributed by atoms with Crippen molar-refractivity contribution in [3.8, 4) is 22.8 Å². The SMILES string of the molecule is COc1ccc(CCC(=O)Nc2nc(-c3ccccc3OC)cs2)cc1. The van der Waals surface area contributed by atoms with Crippen LogP contribution in [0.1, 0.15) is 12.0 Å². The predicted molar refractivity (Wildman–Crippen MR) is 104 cm³/mol. The molecule has 3 rings (SSSR count). The lowest BCUT2D eigenvalue weighted by Crippen LogP contribution is -2.12. The van der Waals surface area contributed by atoms with Gasteiger partial charge in [0.05, 0.1) is 19.9 Å². The van der Waals surface area contributed by atoms with Crippen molar-refractivity contribution in [3.63, 3.8) is 0 Å². The second-order valence-corrected chi connectivity index (χ2v) is 6.49. The molecule has 0 bridgehead atoms. The summed E-state index contributed by atoms with van der Waals surface area (Å²) in [5.41, 5.74) is 2.79. The number of nitrogens with one attached hydrogen (secondary N) is 1. The number of benzene rings is 2. The Morgan fingerprint density at radius 3 is 2.58 bits per heavy atom. The van der Waals surface area contributed by atoms with Crippen LogP contribution in [0.3, 0.4) is 0 Å². The van der Waals surface area contributed by atoms with E-state index in [9.17, 15) is 4.79 Å². The first-order valence-corrected chi connectivity index (χ1v) is 9.09. The average Bonchev–Trinajstić information content (AvgIpc) is 3.15. The zero-order valence-corrected chi connectivity index (χ0v) is 15.5. The molecule has 0 aliphatic carbocycles. The first-order valence-electron chi connectivity index (χ1n) is 8.21. The van der Waals surface area contributed by atoms with Gasteiger partial charge in [0.25, 0.3) is 0 Å². The molecule has 134 valence electrons. The van der Waals surface area contributed by atoms with Crippen LogP contribution in [0.25, 0.3) is 11.3 Å². The van der Waals surface area contributed by atoms with Gasteiger partial charge < -0.3 is 14.8 Å². The Morgan fingerprint density at radius 1 is 1.08 bits per heavy atom. The molecule has 0 radical (unpaired) electrons. The molecule has 0 fully saturated rings. The number of hydrogen-bond donors (Lipinski definition) is 1. The van der Waals surface area contributed by atoms with Crippen LogP contribution >= 0.6 is 11.3 Å². The fraction of sp³-hybridized carbons (Fsp3) is 0.200. The highest BCUT2D eigenvalue weighted by atomic mass is 32.1. The summed E-state index contributed by atoms with van der Waals surface area (Å²) in [6.07, 6.45) is 1.07. The van der Waals surface area contributed by atoms with E-state index < -0.39 is 0 Å². The average molecular weight is 368 g/mol. The maximum Gasteiger partial charge on any atom is 0.226 e. The number of thiazole rings is 1. The summed E-state index contributed by atoms with van der Waals surface area (Å²) in [6, 6.07) is 15.4. The molecule has 0 unspecified atom stereocenters. The van der Waals surface area contributed by atoms with Crippen molar-refractivity contribution in [2.45, 2.75) is 12.8 Å². The molecule has 6 heteroatoms. The third-order valence-corrected chi connectivity index (χ3v) is 4.69. The zero-order chi connectivity index (χ0) is 18.4. The minimum atomic E-state index is -0.0539. The number of amides is 1. The molecule has 0 saturated heterocycles. The van der Waals surface area contributed by atoms with Gasteiger partial charge in [-0.3, -0.25) is 4.79 Å². The van der Waals surface area contributed by atoms with Gasteiger partial charge in [-0.1, -0.05) is 24.3 Å². The summed E-state index contributed by atoms with van der Waals surface area (Å²) in [5, 5.41) is 5.37. The lowest BCUT2D eigenvalue weighted by molar-refractivity contribution is -0.116. The van der Waals surface area contributed by atoms with E-state index in [1.165, 1.54) is 11.3 Å². The van der Waals surface area contributed by atoms with Crippen LogP contribution in [0.4, 0.5) is 5.13 Å². The van der Waals surface area contributed by atoms with Crippen molar-refractivity contribution in [1.29, 1.82) is 0 Å². The fourth-order valence-electron chi connectivity index (χ4n) is 2.54. The zero-order valence-electron chi connectivity index (χ0n) is 14.7. The Kier molecular flexibility index (Phi) is 5.86. The Balaban J connectivity index is 1.59. The highest BCUT2D eigenvalue weighted by molar-refractivity contribution is 7.14. The first-order chi connectivity index (χ1) is 12.7. The van der Waals surface area contributed by atoms with Gasteiger partial charge >= 0.3 is 0 Å². The van der Waals surface area contributed by atoms with Gasteiger partial charge in [-0.25, -0.2) is 4.98 Å². The number of carbonyl (C=O) groups is 1. The van der Waals surface area contributed by atoms with Crippen molar-refractivity contribution in [3.05, 3.63) is 59.5 Å². The van der Waals surface area contributed by atoms with E-state index in [0.29, 0.717) is 18.0 Å². The van der Waals surface area contributed by atoms with E-state index in [4.69, 9.17) is 9.47 Å². The van der Waals surface area contributed by atoms with Crippen LogP contribution in [-0.4, -0.2) is 25.1 Å². The van der Waals surface area contributed by atoms with Crippen LogP contribution in [-0.2, 0) is 11.2 Å². The number of hydrogen-bond acceptors (Lipinski definition) is 5. The summed E-state index contributed by atoms with van der Waals surface area (Å²) >= 11 is 1.40. The number of para-hydroxylation sites is 1. The Bertz CT molecular complexity index is 875. The van der Waals surface area contributed by atoms with Crippen molar-refractivity contribution >= 4 is 22.4 Å². The van der Waals surface area contributed by atoms with Crippen molar-refractivity contribution < 1.29 is 14.3 Å². The number of aryl methyl sites for hydroxylation is 1. The number of carbonyl (C=O) groups excluding carboxylic acids is 1. The van der Waals surface area contributed by atoms with Gasteiger partial charge in [0.15, 0.2) is 5.13 Å². The third-order valence-electron chi connectivity index (χ3n) is 3.93. The predicted octanol–water partition coefficient (Wildman–Crippen LogP) is 4.40. The monoisotopic (exact) mass is 368 g/mol. The van der Waals surface area contributed by atoms with Crippen LogP contribution in [0, 0.1) is 0 Å². The van der Waals surface area contributed by atoms with Crippen LogP contribution < -0.4 is 14.8 Å². The smallest absolute Gasteiger partial charge is 0.226 e. The highest BCUT2D eigenvalue weighted by Crippen LogP contribution is 2.31. The number of anilines is 1. The molecule has 5 nitrogen and oxygen atoms in total. The van der Waals surface area contributed by atoms with Crippen LogP contribution in [0.2, 0.25) is 0 Å². The largest absolute Gasteiger partial charge is 0.497 e. The molecular formula is C20H20N2O3S. The second kappa shape index (κ2) is 8.49. The molecule has 1 N–H and O–H groups in total. The summed E-state index contributed by atoms with van der Waals surface area (Å²) in [6.45, 7) is 0. The molecule has 3 aromatic rings. The standard InChI is InChI=1S/C20H20N2O3S/c1-24-15-10-7-14(8-11-15)9-12-19(23)22-20-21-17(13-26-20)16-5-3-4-6-18(16)25-2/h3-8,10-11,13H,9,12H2,1-2H3,(H,21,22,23). The van der Waals surface area contributed by atoms with Gasteiger partial charge in [0.2, 0.25) is 5.91 Å². The van der Waals surface area contributed by atoms with Gasteiger partial charge in [-0.2, -0.15) is 0 Å². The molecular weight excluding hydrogens is 348 g/mol. The van der Waals surface area contributed by atoms with E-state index in [1.54, 1.807) is 14.2 Å². The maximum atomic E-state index is 12.2. The van der Waals surface area contributed by atoms with E-state index in [-0.39, 0.29) is 5.91 Å². The minimum absolute atomic E-state index is 0.0539. The Labute approximate surface area is 156 Å². The summed E-state index contributed by atoms with van der Waals surface area (Å²) in [7, 11) is 3.27. The highest BCUT2D eigenvalue weighted by Gasteiger charge is 2.11. The number of nitrogens with zero attached hydrogens (tertiary/aromatic N) is 1. The van der Waals surface area contributed by atoms with Crippen molar-refractivity contribution in [1.82, 2.24) is 4.98 Å². The summed E-state index contributed by atoms with van der Waals surface area (Å²) in [4.78, 5) is 16.7. The van der Waals surface area contributed by atoms with Crippen molar-refractivity contribution in [2.75, 3.05) is 19.5 Å². The van der Waals surface area contributed by atoms with Crippen molar-refractivity contribution in [2.24, 2.45) is 0 Å². The van der Waals surface area contributed by atoms with Gasteiger partial charge in [0, 0.05) is 17.4 Å². The molecule has 0 saturated carbocycles. The molecule has 2 aromatic carbocycles. The van der Waals surface area contributed by atoms with Gasteiger partial charge in [-0.15, -0.1) is 11.3 Å². The lowest BCUT2D eigenvalue weighted by Gasteiger charge is -2.05. The first kappa shape index (κ1) is 17.9. The molecule has 26 heavy (non-hydrogen) atoms. The second-order valence-electron chi connectivity index (χ2n) is 5.63. The van der Waals surface area contributed by atoms with E-state index in [0.717, 1.165) is 28.3 Å². The molecule has 0 aliphatic heterocycles. The quantitative estimate of drug-likeness (QED) is 0.671. The molecule has 1 heterocycles. The number of ether oxygens (including phenoxy) is 2. The van der Waals surface area contributed by atoms with Crippen LogP contribution in [0.15, 0.2) is 53.9 Å². The van der Waals surface area contributed by atoms with E-state index >= 15 is 0 Å². The summed E-state index contributed by atoms with van der Waals surface area (Å²) < 4.78 is 10.5. The van der Waals surface area contributed by atoms with Gasteiger partial charge in [-0.05, 0) is 36.2 Å². The topological polar surface area (TPSA) is 60.5 Å². The fourth-order valence-corrected chi connectivity index (χ4v) is 3.27. The van der Waals surface area contributed by atoms with Crippen LogP contribution in [0.5, 0.6) is 11.5 Å². The third kappa shape index (κ3) is 4.40. The molecule has 0 atom stereocenters.